The summed E-state index contributed by atoms with van der Waals surface area (Å²) >= 11 is 1.49. The van der Waals surface area contributed by atoms with Crippen LogP contribution in [-0.4, -0.2) is 25.1 Å². The summed E-state index contributed by atoms with van der Waals surface area (Å²) in [6.45, 7) is 1.57. The molecule has 1 aromatic carbocycles. The van der Waals surface area contributed by atoms with E-state index in [2.05, 4.69) is 5.32 Å². The fourth-order valence-corrected chi connectivity index (χ4v) is 3.92. The number of nitrogens with one attached hydrogen (secondary N) is 1. The Morgan fingerprint density at radius 2 is 1.88 bits per heavy atom. The Balaban J connectivity index is 1.58. The third-order valence-corrected chi connectivity index (χ3v) is 5.43. The van der Waals surface area contributed by atoms with Gasteiger partial charge in [0, 0.05) is 10.6 Å². The zero-order chi connectivity index (χ0) is 17.8. The molecule has 0 saturated heterocycles. The topological polar surface area (TPSA) is 64.6 Å². The molecule has 25 heavy (non-hydrogen) atoms. The van der Waals surface area contributed by atoms with Gasteiger partial charge in [-0.3, -0.25) is 4.79 Å². The van der Waals surface area contributed by atoms with E-state index >= 15 is 0 Å². The van der Waals surface area contributed by atoms with Gasteiger partial charge < -0.3 is 14.8 Å². The molecule has 1 aromatic heterocycles. The van der Waals surface area contributed by atoms with Crippen LogP contribution in [0.25, 0.3) is 0 Å². The Morgan fingerprint density at radius 3 is 2.56 bits per heavy atom. The van der Waals surface area contributed by atoms with Gasteiger partial charge >= 0.3 is 5.97 Å². The summed E-state index contributed by atoms with van der Waals surface area (Å²) in [5.74, 6) is -0.0873. The third kappa shape index (κ3) is 4.20. The van der Waals surface area contributed by atoms with Crippen LogP contribution in [0.15, 0.2) is 30.3 Å². The maximum Gasteiger partial charge on any atom is 0.349 e. The van der Waals surface area contributed by atoms with Crippen molar-refractivity contribution in [1.29, 1.82) is 0 Å². The molecule has 1 atom stereocenters. The highest BCUT2D eigenvalue weighted by Gasteiger charge is 2.22. The largest absolute Gasteiger partial charge is 0.497 e. The summed E-state index contributed by atoms with van der Waals surface area (Å²) in [7, 11) is 1.58. The molecule has 1 unspecified atom stereocenters. The first-order valence-corrected chi connectivity index (χ1v) is 9.16. The predicted molar refractivity (Wildman–Crippen MR) is 97.5 cm³/mol. The van der Waals surface area contributed by atoms with Gasteiger partial charge in [-0.15, -0.1) is 11.3 Å². The fourth-order valence-electron chi connectivity index (χ4n) is 2.78. The number of amides is 1. The lowest BCUT2D eigenvalue weighted by Gasteiger charge is -2.13. The van der Waals surface area contributed by atoms with Crippen LogP contribution in [0.3, 0.4) is 0 Å². The van der Waals surface area contributed by atoms with E-state index in [0.717, 1.165) is 12.8 Å². The van der Waals surface area contributed by atoms with Gasteiger partial charge in [0.1, 0.15) is 10.6 Å². The van der Waals surface area contributed by atoms with E-state index in [1.165, 1.54) is 34.6 Å². The smallest absolute Gasteiger partial charge is 0.349 e. The summed E-state index contributed by atoms with van der Waals surface area (Å²) in [6, 6.07) is 8.89. The molecule has 132 valence electrons. The minimum absolute atomic E-state index is 0.361. The van der Waals surface area contributed by atoms with E-state index in [1.807, 2.05) is 6.07 Å². The molecule has 0 saturated carbocycles. The van der Waals surface area contributed by atoms with E-state index < -0.39 is 12.1 Å². The van der Waals surface area contributed by atoms with Gasteiger partial charge in [-0.25, -0.2) is 4.79 Å². The quantitative estimate of drug-likeness (QED) is 0.824. The summed E-state index contributed by atoms with van der Waals surface area (Å²) in [5.41, 5.74) is 1.87. The molecule has 1 aliphatic carbocycles. The summed E-state index contributed by atoms with van der Waals surface area (Å²) in [6.07, 6.45) is 3.52. The molecule has 1 aliphatic rings. The minimum atomic E-state index is -0.867. The van der Waals surface area contributed by atoms with Gasteiger partial charge in [-0.2, -0.15) is 0 Å². The van der Waals surface area contributed by atoms with Crippen molar-refractivity contribution in [3.63, 3.8) is 0 Å². The van der Waals surface area contributed by atoms with Crippen LogP contribution in [0.4, 0.5) is 5.69 Å². The number of benzene rings is 1. The highest BCUT2D eigenvalue weighted by atomic mass is 32.1. The predicted octanol–water partition coefficient (Wildman–Crippen LogP) is 3.82. The zero-order valence-corrected chi connectivity index (χ0v) is 15.2. The number of esters is 1. The number of rotatable bonds is 5. The van der Waals surface area contributed by atoms with Crippen LogP contribution in [0.5, 0.6) is 5.75 Å². The van der Waals surface area contributed by atoms with Crippen molar-refractivity contribution in [2.24, 2.45) is 0 Å². The molecule has 0 spiro atoms. The second kappa shape index (κ2) is 7.70. The van der Waals surface area contributed by atoms with Gasteiger partial charge in [-0.05, 0) is 68.5 Å². The van der Waals surface area contributed by atoms with Crippen LogP contribution in [0.1, 0.15) is 39.9 Å². The molecule has 1 N–H and O–H groups in total. The molecule has 3 rings (SSSR count). The van der Waals surface area contributed by atoms with Gasteiger partial charge in [0.2, 0.25) is 0 Å². The monoisotopic (exact) mass is 359 g/mol. The fraction of sp³-hybridized carbons (Fsp3) is 0.368. The Bertz CT molecular complexity index is 743. The number of methoxy groups -OCH3 is 1. The lowest BCUT2D eigenvalue weighted by atomic mass is 9.99. The molecule has 0 aliphatic heterocycles. The lowest BCUT2D eigenvalue weighted by molar-refractivity contribution is -0.123. The number of fused-ring (bicyclic) bond motifs is 1. The third-order valence-electron chi connectivity index (χ3n) is 4.21. The van der Waals surface area contributed by atoms with E-state index in [0.29, 0.717) is 16.3 Å². The average molecular weight is 359 g/mol. The molecular weight excluding hydrogens is 338 g/mol. The molecule has 0 fully saturated rings. The van der Waals surface area contributed by atoms with E-state index in [4.69, 9.17) is 9.47 Å². The van der Waals surface area contributed by atoms with Crippen LogP contribution >= 0.6 is 11.3 Å². The molecule has 5 nitrogen and oxygen atoms in total. The maximum absolute atomic E-state index is 12.3. The minimum Gasteiger partial charge on any atom is -0.497 e. The second-order valence-corrected chi connectivity index (χ2v) is 7.17. The second-order valence-electron chi connectivity index (χ2n) is 6.03. The zero-order valence-electron chi connectivity index (χ0n) is 14.3. The van der Waals surface area contributed by atoms with Crippen LogP contribution in [0.2, 0.25) is 0 Å². The Kier molecular flexibility index (Phi) is 5.38. The van der Waals surface area contributed by atoms with Crippen molar-refractivity contribution >= 4 is 28.9 Å². The Morgan fingerprint density at radius 1 is 1.16 bits per heavy atom. The maximum atomic E-state index is 12.3. The average Bonchev–Trinajstić information content (AvgIpc) is 3.06. The van der Waals surface area contributed by atoms with E-state index in [-0.39, 0.29) is 5.91 Å². The van der Waals surface area contributed by atoms with Crippen LogP contribution < -0.4 is 10.1 Å². The summed E-state index contributed by atoms with van der Waals surface area (Å²) in [4.78, 5) is 26.4. The van der Waals surface area contributed by atoms with Crippen molar-refractivity contribution in [3.05, 3.63) is 45.6 Å². The Labute approximate surface area is 151 Å². The summed E-state index contributed by atoms with van der Waals surface area (Å²) < 4.78 is 10.4. The standard InChI is InChI=1S/C19H21NO4S/c1-12(18(21)20-14-7-9-15(23-2)10-8-14)24-19(22)17-11-13-5-3-4-6-16(13)25-17/h7-12H,3-6H2,1-2H3,(H,20,21). The van der Waals surface area contributed by atoms with Gasteiger partial charge in [0.15, 0.2) is 6.10 Å². The molecule has 6 heteroatoms. The lowest BCUT2D eigenvalue weighted by Crippen LogP contribution is -2.29. The number of ether oxygens (including phenoxy) is 2. The number of carbonyl (C=O) groups is 2. The van der Waals surface area contributed by atoms with E-state index in [9.17, 15) is 9.59 Å². The first kappa shape index (κ1) is 17.5. The number of carbonyl (C=O) groups excluding carboxylic acids is 2. The number of thiophene rings is 1. The van der Waals surface area contributed by atoms with Crippen molar-refractivity contribution in [3.8, 4) is 5.75 Å². The normalized spacial score (nSPS) is 14.3. The highest BCUT2D eigenvalue weighted by molar-refractivity contribution is 7.14. The highest BCUT2D eigenvalue weighted by Crippen LogP contribution is 2.30. The number of hydrogen-bond donors (Lipinski definition) is 1. The molecule has 2 aromatic rings. The number of anilines is 1. The van der Waals surface area contributed by atoms with Crippen molar-refractivity contribution in [2.45, 2.75) is 38.7 Å². The van der Waals surface area contributed by atoms with Crippen LogP contribution in [-0.2, 0) is 22.4 Å². The van der Waals surface area contributed by atoms with Crippen molar-refractivity contribution in [1.82, 2.24) is 0 Å². The van der Waals surface area contributed by atoms with Gasteiger partial charge in [-0.1, -0.05) is 0 Å². The number of hydrogen-bond acceptors (Lipinski definition) is 5. The van der Waals surface area contributed by atoms with Crippen molar-refractivity contribution in [2.75, 3.05) is 12.4 Å². The van der Waals surface area contributed by atoms with Gasteiger partial charge in [0.05, 0.1) is 7.11 Å². The molecule has 0 bridgehead atoms. The molecule has 1 heterocycles. The van der Waals surface area contributed by atoms with Crippen molar-refractivity contribution < 1.29 is 19.1 Å². The molecule has 1 amide bonds. The molecule has 0 radical (unpaired) electrons. The first-order valence-electron chi connectivity index (χ1n) is 8.34. The SMILES string of the molecule is COc1ccc(NC(=O)C(C)OC(=O)c2cc3c(s2)CCCC3)cc1. The summed E-state index contributed by atoms with van der Waals surface area (Å²) in [5, 5.41) is 2.73. The number of aryl methyl sites for hydroxylation is 2. The van der Waals surface area contributed by atoms with E-state index in [1.54, 1.807) is 38.3 Å². The Hall–Kier alpha value is -2.34. The van der Waals surface area contributed by atoms with Crippen LogP contribution in [0, 0.1) is 0 Å². The van der Waals surface area contributed by atoms with Gasteiger partial charge in [0.25, 0.3) is 5.91 Å². The molecular formula is C19H21NO4S. The first-order chi connectivity index (χ1) is 12.1.